The van der Waals surface area contributed by atoms with Gasteiger partial charge in [-0.2, -0.15) is 0 Å². The van der Waals surface area contributed by atoms with Crippen LogP contribution in [0.1, 0.15) is 33.2 Å². The molecule has 0 aliphatic rings. The fourth-order valence-corrected chi connectivity index (χ4v) is 4.15. The van der Waals surface area contributed by atoms with Gasteiger partial charge in [-0.05, 0) is 48.9 Å². The molecular formula is C22H18BrClOS. The van der Waals surface area contributed by atoms with Crippen molar-refractivity contribution in [1.82, 2.24) is 0 Å². The Labute approximate surface area is 171 Å². The molecule has 0 bridgehead atoms. The molecule has 1 atom stereocenters. The van der Waals surface area contributed by atoms with Crippen LogP contribution >= 0.6 is 39.3 Å². The summed E-state index contributed by atoms with van der Waals surface area (Å²) < 4.78 is 0.972. The van der Waals surface area contributed by atoms with Gasteiger partial charge in [0.15, 0.2) is 5.78 Å². The number of hydrogen-bond donors (Lipinski definition) is 0. The summed E-state index contributed by atoms with van der Waals surface area (Å²) in [5.74, 6) is 0.143. The standard InChI is InChI=1S/C22H18BrClOS/c1-15-2-4-17(5-3-15)22(26-20-12-10-19(24)11-13-20)14-21(25)16-6-8-18(23)9-7-16/h2-13,22H,14H2,1H3/t22-/m1/s1. The molecule has 0 N–H and O–H groups in total. The van der Waals surface area contributed by atoms with E-state index in [0.717, 1.165) is 20.5 Å². The molecule has 0 aliphatic carbocycles. The lowest BCUT2D eigenvalue weighted by Crippen LogP contribution is -2.05. The number of halogens is 2. The zero-order valence-electron chi connectivity index (χ0n) is 14.3. The second kappa shape index (κ2) is 8.90. The van der Waals surface area contributed by atoms with Gasteiger partial charge >= 0.3 is 0 Å². The molecule has 0 fully saturated rings. The first-order valence-electron chi connectivity index (χ1n) is 8.29. The van der Waals surface area contributed by atoms with Gasteiger partial charge in [0.2, 0.25) is 0 Å². The van der Waals surface area contributed by atoms with Crippen LogP contribution in [0.4, 0.5) is 0 Å². The summed E-state index contributed by atoms with van der Waals surface area (Å²) in [6.07, 6.45) is 0.442. The SMILES string of the molecule is Cc1ccc([C@@H](CC(=O)c2ccc(Br)cc2)Sc2ccc(Cl)cc2)cc1. The van der Waals surface area contributed by atoms with Gasteiger partial charge in [0.05, 0.1) is 0 Å². The van der Waals surface area contributed by atoms with Gasteiger partial charge < -0.3 is 0 Å². The van der Waals surface area contributed by atoms with E-state index >= 15 is 0 Å². The largest absolute Gasteiger partial charge is 0.294 e. The molecule has 0 saturated carbocycles. The van der Waals surface area contributed by atoms with E-state index in [1.165, 1.54) is 5.56 Å². The minimum absolute atomic E-state index is 0.0490. The molecule has 0 saturated heterocycles. The summed E-state index contributed by atoms with van der Waals surface area (Å²) in [4.78, 5) is 13.9. The Kier molecular flexibility index (Phi) is 6.58. The predicted molar refractivity (Wildman–Crippen MR) is 114 cm³/mol. The topological polar surface area (TPSA) is 17.1 Å². The van der Waals surface area contributed by atoms with Crippen LogP contribution < -0.4 is 0 Å². The quantitative estimate of drug-likeness (QED) is 0.288. The molecule has 0 amide bonds. The lowest BCUT2D eigenvalue weighted by molar-refractivity contribution is 0.0982. The highest BCUT2D eigenvalue weighted by atomic mass is 79.9. The van der Waals surface area contributed by atoms with Gasteiger partial charge in [-0.15, -0.1) is 11.8 Å². The average molecular weight is 446 g/mol. The summed E-state index contributed by atoms with van der Waals surface area (Å²) in [5.41, 5.74) is 3.10. The van der Waals surface area contributed by atoms with Crippen molar-refractivity contribution in [2.75, 3.05) is 0 Å². The highest BCUT2D eigenvalue weighted by Gasteiger charge is 2.19. The molecule has 4 heteroatoms. The van der Waals surface area contributed by atoms with Crippen LogP contribution in [-0.4, -0.2) is 5.78 Å². The molecule has 3 rings (SSSR count). The molecule has 3 aromatic carbocycles. The molecule has 1 nitrogen and oxygen atoms in total. The van der Waals surface area contributed by atoms with Crippen molar-refractivity contribution in [3.63, 3.8) is 0 Å². The third-order valence-electron chi connectivity index (χ3n) is 4.08. The monoisotopic (exact) mass is 444 g/mol. The Morgan fingerprint density at radius 3 is 2.19 bits per heavy atom. The van der Waals surface area contributed by atoms with Crippen molar-refractivity contribution in [3.8, 4) is 0 Å². The summed E-state index contributed by atoms with van der Waals surface area (Å²) in [7, 11) is 0. The lowest BCUT2D eigenvalue weighted by atomic mass is 10.0. The third-order valence-corrected chi connectivity index (χ3v) is 6.13. The van der Waals surface area contributed by atoms with Gasteiger partial charge in [-0.1, -0.05) is 69.5 Å². The molecule has 0 aliphatic heterocycles. The van der Waals surface area contributed by atoms with Gasteiger partial charge in [-0.25, -0.2) is 0 Å². The van der Waals surface area contributed by atoms with Gasteiger partial charge in [0.1, 0.15) is 0 Å². The van der Waals surface area contributed by atoms with Crippen LogP contribution in [-0.2, 0) is 0 Å². The fourth-order valence-electron chi connectivity index (χ4n) is 2.61. The van der Waals surface area contributed by atoms with E-state index in [2.05, 4.69) is 47.1 Å². The van der Waals surface area contributed by atoms with Crippen molar-refractivity contribution in [2.45, 2.75) is 23.5 Å². The summed E-state index contributed by atoms with van der Waals surface area (Å²) in [6, 6.07) is 23.7. The number of carbonyl (C=O) groups excluding carboxylic acids is 1. The van der Waals surface area contributed by atoms with Crippen LogP contribution in [0.15, 0.2) is 82.2 Å². The van der Waals surface area contributed by atoms with Crippen LogP contribution in [0.3, 0.4) is 0 Å². The van der Waals surface area contributed by atoms with E-state index in [0.29, 0.717) is 11.4 Å². The van der Waals surface area contributed by atoms with E-state index in [4.69, 9.17) is 11.6 Å². The number of carbonyl (C=O) groups is 1. The van der Waals surface area contributed by atoms with E-state index in [1.807, 2.05) is 48.5 Å². The van der Waals surface area contributed by atoms with Crippen molar-refractivity contribution in [1.29, 1.82) is 0 Å². The van der Waals surface area contributed by atoms with E-state index < -0.39 is 0 Å². The van der Waals surface area contributed by atoms with Crippen molar-refractivity contribution >= 4 is 45.1 Å². The normalized spacial score (nSPS) is 12.0. The molecule has 0 heterocycles. The number of thioether (sulfide) groups is 1. The molecule has 3 aromatic rings. The molecule has 0 spiro atoms. The minimum Gasteiger partial charge on any atom is -0.294 e. The molecule has 0 unspecified atom stereocenters. The second-order valence-corrected chi connectivity index (χ2v) is 8.73. The van der Waals surface area contributed by atoms with Crippen molar-refractivity contribution in [3.05, 3.63) is 99.0 Å². The van der Waals surface area contributed by atoms with E-state index in [9.17, 15) is 4.79 Å². The van der Waals surface area contributed by atoms with Crippen LogP contribution in [0.2, 0.25) is 5.02 Å². The Balaban J connectivity index is 1.84. The molecule has 26 heavy (non-hydrogen) atoms. The highest BCUT2D eigenvalue weighted by Crippen LogP contribution is 2.39. The summed E-state index contributed by atoms with van der Waals surface area (Å²) in [6.45, 7) is 2.07. The van der Waals surface area contributed by atoms with Crippen molar-refractivity contribution in [2.24, 2.45) is 0 Å². The lowest BCUT2D eigenvalue weighted by Gasteiger charge is -2.17. The fraction of sp³-hybridized carbons (Fsp3) is 0.136. The first-order chi connectivity index (χ1) is 12.5. The Morgan fingerprint density at radius 1 is 0.962 bits per heavy atom. The molecule has 132 valence electrons. The smallest absolute Gasteiger partial charge is 0.164 e. The van der Waals surface area contributed by atoms with Crippen molar-refractivity contribution < 1.29 is 4.79 Å². The number of rotatable bonds is 6. The number of Topliss-reactive ketones (excluding diaryl/α,β-unsaturated/α-hetero) is 1. The minimum atomic E-state index is 0.0490. The maximum atomic E-state index is 12.8. The zero-order valence-corrected chi connectivity index (χ0v) is 17.4. The number of hydrogen-bond acceptors (Lipinski definition) is 2. The predicted octanol–water partition coefficient (Wildman–Crippen LogP) is 7.52. The Morgan fingerprint density at radius 2 is 1.58 bits per heavy atom. The molecular weight excluding hydrogens is 428 g/mol. The van der Waals surface area contributed by atoms with E-state index in [1.54, 1.807) is 11.8 Å². The Bertz CT molecular complexity index is 874. The van der Waals surface area contributed by atoms with Crippen LogP contribution in [0.5, 0.6) is 0 Å². The summed E-state index contributed by atoms with van der Waals surface area (Å²) >= 11 is 11.1. The number of ketones is 1. The second-order valence-electron chi connectivity index (χ2n) is 6.11. The Hall–Kier alpha value is -1.55. The van der Waals surface area contributed by atoms with Crippen LogP contribution in [0.25, 0.3) is 0 Å². The van der Waals surface area contributed by atoms with E-state index in [-0.39, 0.29) is 11.0 Å². The molecule has 0 radical (unpaired) electrons. The molecule has 0 aromatic heterocycles. The first kappa shape index (κ1) is 19.2. The third kappa shape index (κ3) is 5.23. The van der Waals surface area contributed by atoms with Gasteiger partial charge in [0, 0.05) is 31.6 Å². The maximum absolute atomic E-state index is 12.8. The first-order valence-corrected chi connectivity index (χ1v) is 10.3. The van der Waals surface area contributed by atoms with Gasteiger partial charge in [-0.3, -0.25) is 4.79 Å². The average Bonchev–Trinajstić information content (AvgIpc) is 2.64. The number of aryl methyl sites for hydroxylation is 1. The number of benzene rings is 3. The summed E-state index contributed by atoms with van der Waals surface area (Å²) in [5, 5.41) is 0.764. The van der Waals surface area contributed by atoms with Crippen LogP contribution in [0, 0.1) is 6.92 Å². The highest BCUT2D eigenvalue weighted by molar-refractivity contribution is 9.10. The zero-order chi connectivity index (χ0) is 18.5. The van der Waals surface area contributed by atoms with Gasteiger partial charge in [0.25, 0.3) is 0 Å². The maximum Gasteiger partial charge on any atom is 0.164 e.